The predicted octanol–water partition coefficient (Wildman–Crippen LogP) is 5.09. The van der Waals surface area contributed by atoms with Crippen LogP contribution in [0.1, 0.15) is 38.5 Å². The third kappa shape index (κ3) is 2.70. The van der Waals surface area contributed by atoms with Crippen molar-refractivity contribution in [3.8, 4) is 11.1 Å². The Morgan fingerprint density at radius 3 is 1.77 bits per heavy atom. The largest absolute Gasteiger partial charge is 0.399 e. The summed E-state index contributed by atoms with van der Waals surface area (Å²) >= 11 is 0. The molecule has 0 atom stereocenters. The number of nitrogens with one attached hydrogen (secondary N) is 1. The molecule has 0 radical (unpaired) electrons. The molecule has 3 heteroatoms. The summed E-state index contributed by atoms with van der Waals surface area (Å²) in [6.45, 7) is 0. The smallest absolute Gasteiger partial charge is 0.230 e. The second-order valence-electron chi connectivity index (χ2n) is 8.85. The standard InChI is InChI=1S/C23H26N2O/c24-20-5-1-18(2-6-20)19-3-7-21(8-4-19)25-22(26)23-12-15-9-16(13-23)11-17(10-15)14-23/h1-8,15-17H,9-14,24H2,(H,25,26). The van der Waals surface area contributed by atoms with Crippen LogP contribution in [0.4, 0.5) is 11.4 Å². The first-order chi connectivity index (χ1) is 12.6. The molecule has 4 saturated carbocycles. The van der Waals surface area contributed by atoms with Gasteiger partial charge in [-0.1, -0.05) is 24.3 Å². The van der Waals surface area contributed by atoms with Crippen molar-refractivity contribution in [2.75, 3.05) is 11.1 Å². The van der Waals surface area contributed by atoms with Crippen molar-refractivity contribution < 1.29 is 4.79 Å². The maximum Gasteiger partial charge on any atom is 0.230 e. The minimum Gasteiger partial charge on any atom is -0.399 e. The van der Waals surface area contributed by atoms with Crippen LogP contribution in [0, 0.1) is 23.2 Å². The lowest BCUT2D eigenvalue weighted by atomic mass is 9.49. The molecular formula is C23H26N2O. The maximum atomic E-state index is 13.1. The summed E-state index contributed by atoms with van der Waals surface area (Å²) in [7, 11) is 0. The molecule has 6 rings (SSSR count). The average Bonchev–Trinajstić information content (AvgIpc) is 2.62. The van der Waals surface area contributed by atoms with Crippen molar-refractivity contribution in [3.63, 3.8) is 0 Å². The number of benzene rings is 2. The second-order valence-corrected chi connectivity index (χ2v) is 8.85. The van der Waals surface area contributed by atoms with Gasteiger partial charge in [-0.05, 0) is 91.7 Å². The summed E-state index contributed by atoms with van der Waals surface area (Å²) in [5.41, 5.74) is 9.62. The normalized spacial score (nSPS) is 31.8. The number of anilines is 2. The highest BCUT2D eigenvalue weighted by Gasteiger charge is 2.54. The highest BCUT2D eigenvalue weighted by atomic mass is 16.2. The Morgan fingerprint density at radius 1 is 0.808 bits per heavy atom. The van der Waals surface area contributed by atoms with Crippen molar-refractivity contribution in [1.82, 2.24) is 0 Å². The fourth-order valence-corrected chi connectivity index (χ4v) is 6.07. The molecule has 0 aliphatic heterocycles. The summed E-state index contributed by atoms with van der Waals surface area (Å²) < 4.78 is 0. The van der Waals surface area contributed by atoms with Crippen molar-refractivity contribution in [2.45, 2.75) is 38.5 Å². The van der Waals surface area contributed by atoms with Crippen LogP contribution in [0.2, 0.25) is 0 Å². The van der Waals surface area contributed by atoms with Gasteiger partial charge in [0.1, 0.15) is 0 Å². The third-order valence-corrected chi connectivity index (χ3v) is 6.91. The minimum absolute atomic E-state index is 0.0929. The summed E-state index contributed by atoms with van der Waals surface area (Å²) in [6, 6.07) is 16.1. The number of nitrogens with two attached hydrogens (primary N) is 1. The molecule has 0 spiro atoms. The zero-order chi connectivity index (χ0) is 17.7. The summed E-state index contributed by atoms with van der Waals surface area (Å²) in [5.74, 6) is 2.64. The molecule has 2 aromatic rings. The lowest BCUT2D eigenvalue weighted by molar-refractivity contribution is -0.140. The molecule has 4 fully saturated rings. The predicted molar refractivity (Wildman–Crippen MR) is 106 cm³/mol. The van der Waals surface area contributed by atoms with Crippen LogP contribution >= 0.6 is 0 Å². The number of hydrogen-bond acceptors (Lipinski definition) is 2. The molecule has 4 aliphatic carbocycles. The van der Waals surface area contributed by atoms with E-state index >= 15 is 0 Å². The molecule has 4 aliphatic rings. The summed E-state index contributed by atoms with van der Waals surface area (Å²) in [5, 5.41) is 3.23. The van der Waals surface area contributed by atoms with Gasteiger partial charge in [-0.3, -0.25) is 4.79 Å². The van der Waals surface area contributed by atoms with E-state index < -0.39 is 0 Å². The third-order valence-electron chi connectivity index (χ3n) is 6.91. The molecule has 1 amide bonds. The van der Waals surface area contributed by atoms with E-state index in [1.54, 1.807) is 0 Å². The Bertz CT molecular complexity index is 787. The van der Waals surface area contributed by atoms with Crippen LogP contribution in [0.5, 0.6) is 0 Å². The number of rotatable bonds is 3. The van der Waals surface area contributed by atoms with Gasteiger partial charge >= 0.3 is 0 Å². The Hall–Kier alpha value is -2.29. The van der Waals surface area contributed by atoms with E-state index in [1.165, 1.54) is 19.3 Å². The lowest BCUT2D eigenvalue weighted by Crippen LogP contribution is -2.51. The average molecular weight is 346 g/mol. The van der Waals surface area contributed by atoms with E-state index in [4.69, 9.17) is 5.73 Å². The van der Waals surface area contributed by atoms with Crippen LogP contribution in [-0.2, 0) is 4.79 Å². The van der Waals surface area contributed by atoms with Gasteiger partial charge in [0.25, 0.3) is 0 Å². The van der Waals surface area contributed by atoms with Gasteiger partial charge in [-0.25, -0.2) is 0 Å². The topological polar surface area (TPSA) is 55.1 Å². The van der Waals surface area contributed by atoms with E-state index in [-0.39, 0.29) is 11.3 Å². The maximum absolute atomic E-state index is 13.1. The van der Waals surface area contributed by atoms with Gasteiger partial charge < -0.3 is 11.1 Å². The zero-order valence-electron chi connectivity index (χ0n) is 15.1. The fourth-order valence-electron chi connectivity index (χ4n) is 6.07. The number of carbonyl (C=O) groups excluding carboxylic acids is 1. The molecule has 3 nitrogen and oxygen atoms in total. The molecule has 0 aromatic heterocycles. The Kier molecular flexibility index (Phi) is 3.59. The van der Waals surface area contributed by atoms with E-state index in [0.29, 0.717) is 0 Å². The van der Waals surface area contributed by atoms with E-state index in [0.717, 1.165) is 59.5 Å². The van der Waals surface area contributed by atoms with Crippen LogP contribution in [0.25, 0.3) is 11.1 Å². The Morgan fingerprint density at radius 2 is 1.27 bits per heavy atom. The molecule has 0 saturated heterocycles. The van der Waals surface area contributed by atoms with Gasteiger partial charge in [0.05, 0.1) is 5.41 Å². The summed E-state index contributed by atoms with van der Waals surface area (Å²) in [4.78, 5) is 13.1. The van der Waals surface area contributed by atoms with Gasteiger partial charge in [0, 0.05) is 11.4 Å². The second kappa shape index (κ2) is 5.87. The van der Waals surface area contributed by atoms with Crippen LogP contribution in [-0.4, -0.2) is 5.91 Å². The Labute approximate surface area is 155 Å². The van der Waals surface area contributed by atoms with E-state index in [2.05, 4.69) is 17.4 Å². The first-order valence-corrected chi connectivity index (χ1v) is 9.87. The van der Waals surface area contributed by atoms with E-state index in [9.17, 15) is 4.79 Å². The molecule has 0 heterocycles. The molecule has 4 bridgehead atoms. The SMILES string of the molecule is Nc1ccc(-c2ccc(NC(=O)C34CC5CC(CC(C5)C3)C4)cc2)cc1. The number of nitrogen functional groups attached to an aromatic ring is 1. The van der Waals surface area contributed by atoms with Crippen molar-refractivity contribution in [2.24, 2.45) is 23.2 Å². The Balaban J connectivity index is 1.32. The van der Waals surface area contributed by atoms with Crippen LogP contribution < -0.4 is 11.1 Å². The van der Waals surface area contributed by atoms with Gasteiger partial charge in [0.2, 0.25) is 5.91 Å². The van der Waals surface area contributed by atoms with Crippen LogP contribution in [0.15, 0.2) is 48.5 Å². The number of hydrogen-bond donors (Lipinski definition) is 2. The van der Waals surface area contributed by atoms with E-state index in [1.807, 2.05) is 36.4 Å². The number of amides is 1. The lowest BCUT2D eigenvalue weighted by Gasteiger charge is -2.55. The molecule has 0 unspecified atom stereocenters. The van der Waals surface area contributed by atoms with Crippen molar-refractivity contribution in [3.05, 3.63) is 48.5 Å². The first kappa shape index (κ1) is 15.9. The van der Waals surface area contributed by atoms with Gasteiger partial charge in [-0.2, -0.15) is 0 Å². The quantitative estimate of drug-likeness (QED) is 0.761. The summed E-state index contributed by atoms with van der Waals surface area (Å²) in [6.07, 6.45) is 7.41. The molecule has 134 valence electrons. The number of carbonyl (C=O) groups is 1. The van der Waals surface area contributed by atoms with Gasteiger partial charge in [-0.15, -0.1) is 0 Å². The highest BCUT2D eigenvalue weighted by molar-refractivity contribution is 5.95. The molecule has 26 heavy (non-hydrogen) atoms. The van der Waals surface area contributed by atoms with Crippen molar-refractivity contribution in [1.29, 1.82) is 0 Å². The van der Waals surface area contributed by atoms with Crippen molar-refractivity contribution >= 4 is 17.3 Å². The highest BCUT2D eigenvalue weighted by Crippen LogP contribution is 2.60. The fraction of sp³-hybridized carbons (Fsp3) is 0.435. The monoisotopic (exact) mass is 346 g/mol. The first-order valence-electron chi connectivity index (χ1n) is 9.87. The molecule has 3 N–H and O–H groups in total. The van der Waals surface area contributed by atoms with Crippen LogP contribution in [0.3, 0.4) is 0 Å². The molecule has 2 aromatic carbocycles. The zero-order valence-corrected chi connectivity index (χ0v) is 15.1. The molecular weight excluding hydrogens is 320 g/mol. The van der Waals surface area contributed by atoms with Gasteiger partial charge in [0.15, 0.2) is 0 Å². The minimum atomic E-state index is -0.0929.